The Morgan fingerprint density at radius 3 is 2.84 bits per heavy atom. The van der Waals surface area contributed by atoms with Gasteiger partial charge in [0.05, 0.1) is 12.7 Å². The molecule has 0 saturated heterocycles. The van der Waals surface area contributed by atoms with Crippen LogP contribution >= 0.6 is 0 Å². The molecule has 1 unspecified atom stereocenters. The molecule has 2 aromatic rings. The molecular formula is C17H16N2. The van der Waals surface area contributed by atoms with Gasteiger partial charge in [0, 0.05) is 11.9 Å². The third kappa shape index (κ3) is 1.72. The molecule has 2 heteroatoms. The molecule has 19 heavy (non-hydrogen) atoms. The van der Waals surface area contributed by atoms with Crippen LogP contribution in [0.25, 0.3) is 6.08 Å². The Bertz CT molecular complexity index is 645. The molecule has 1 atom stereocenters. The number of nitrogens with one attached hydrogen (secondary N) is 1. The lowest BCUT2D eigenvalue weighted by atomic mass is 9.92. The number of hydrogen-bond acceptors (Lipinski definition) is 2. The number of hydrogen-bond donors (Lipinski definition) is 1. The van der Waals surface area contributed by atoms with Crippen molar-refractivity contribution in [1.82, 2.24) is 4.90 Å². The Labute approximate surface area is 113 Å². The normalized spacial score (nSPS) is 19.8. The number of rotatable bonds is 0. The Balaban J connectivity index is 1.81. The standard InChI is InChI=1S/C17H16N2/c1-3-7-15-13(5-1)9-10-19-12-18-16-8-4-2-6-14(16)11-17(15)19/h1-10,17-18H,11-12H2. The summed E-state index contributed by atoms with van der Waals surface area (Å²) in [7, 11) is 0. The zero-order chi connectivity index (χ0) is 12.7. The molecule has 1 N–H and O–H groups in total. The maximum atomic E-state index is 3.53. The number of anilines is 1. The smallest absolute Gasteiger partial charge is 0.0877 e. The van der Waals surface area contributed by atoms with Gasteiger partial charge in [-0.2, -0.15) is 0 Å². The fraction of sp³-hybridized carbons (Fsp3) is 0.176. The van der Waals surface area contributed by atoms with Crippen LogP contribution in [0.3, 0.4) is 0 Å². The molecular weight excluding hydrogens is 232 g/mol. The van der Waals surface area contributed by atoms with Crippen molar-refractivity contribution in [3.8, 4) is 0 Å². The highest BCUT2D eigenvalue weighted by molar-refractivity contribution is 5.59. The first kappa shape index (κ1) is 10.7. The lowest BCUT2D eigenvalue weighted by Gasteiger charge is -2.33. The minimum Gasteiger partial charge on any atom is -0.368 e. The van der Waals surface area contributed by atoms with E-state index in [9.17, 15) is 0 Å². The number of fused-ring (bicyclic) bond motifs is 4. The van der Waals surface area contributed by atoms with Crippen LogP contribution in [-0.2, 0) is 6.42 Å². The summed E-state index contributed by atoms with van der Waals surface area (Å²) in [6.45, 7) is 0.868. The van der Waals surface area contributed by atoms with Crippen molar-refractivity contribution in [2.45, 2.75) is 12.5 Å². The summed E-state index contributed by atoms with van der Waals surface area (Å²) in [4.78, 5) is 2.39. The van der Waals surface area contributed by atoms with Gasteiger partial charge in [-0.1, -0.05) is 42.5 Å². The van der Waals surface area contributed by atoms with Gasteiger partial charge in [0.2, 0.25) is 0 Å². The summed E-state index contributed by atoms with van der Waals surface area (Å²) >= 11 is 0. The predicted molar refractivity (Wildman–Crippen MR) is 78.7 cm³/mol. The number of para-hydroxylation sites is 1. The first-order valence-corrected chi connectivity index (χ1v) is 6.76. The van der Waals surface area contributed by atoms with E-state index in [2.05, 4.69) is 71.0 Å². The highest BCUT2D eigenvalue weighted by Crippen LogP contribution is 2.36. The highest BCUT2D eigenvalue weighted by atomic mass is 15.2. The average Bonchev–Trinajstić information content (AvgIpc) is 2.66. The van der Waals surface area contributed by atoms with Crippen LogP contribution < -0.4 is 5.32 Å². The molecule has 0 aromatic heterocycles. The largest absolute Gasteiger partial charge is 0.368 e. The molecule has 2 heterocycles. The number of benzene rings is 2. The minimum absolute atomic E-state index is 0.442. The van der Waals surface area contributed by atoms with Crippen molar-refractivity contribution in [1.29, 1.82) is 0 Å². The van der Waals surface area contributed by atoms with Gasteiger partial charge in [-0.15, -0.1) is 0 Å². The second kappa shape index (κ2) is 4.16. The summed E-state index contributed by atoms with van der Waals surface area (Å²) < 4.78 is 0. The van der Waals surface area contributed by atoms with Crippen LogP contribution in [0.15, 0.2) is 54.7 Å². The monoisotopic (exact) mass is 248 g/mol. The van der Waals surface area contributed by atoms with Gasteiger partial charge in [-0.05, 0) is 35.3 Å². The summed E-state index contributed by atoms with van der Waals surface area (Å²) in [5.74, 6) is 0. The second-order valence-corrected chi connectivity index (χ2v) is 5.17. The molecule has 2 nitrogen and oxygen atoms in total. The minimum atomic E-state index is 0.442. The first-order valence-electron chi connectivity index (χ1n) is 6.76. The predicted octanol–water partition coefficient (Wildman–Crippen LogP) is 3.64. The van der Waals surface area contributed by atoms with Crippen LogP contribution in [0.4, 0.5) is 5.69 Å². The molecule has 0 amide bonds. The summed E-state index contributed by atoms with van der Waals surface area (Å²) in [6.07, 6.45) is 5.49. The quantitative estimate of drug-likeness (QED) is 0.765. The van der Waals surface area contributed by atoms with Crippen LogP contribution in [0.1, 0.15) is 22.7 Å². The van der Waals surface area contributed by atoms with E-state index in [-0.39, 0.29) is 0 Å². The third-order valence-corrected chi connectivity index (χ3v) is 4.08. The van der Waals surface area contributed by atoms with E-state index >= 15 is 0 Å². The topological polar surface area (TPSA) is 15.3 Å². The van der Waals surface area contributed by atoms with Crippen molar-refractivity contribution >= 4 is 11.8 Å². The van der Waals surface area contributed by atoms with Crippen molar-refractivity contribution in [3.05, 3.63) is 71.4 Å². The fourth-order valence-corrected chi connectivity index (χ4v) is 3.07. The molecule has 0 saturated carbocycles. The lowest BCUT2D eigenvalue weighted by Crippen LogP contribution is -2.30. The Hall–Kier alpha value is -2.22. The second-order valence-electron chi connectivity index (χ2n) is 5.17. The molecule has 2 aromatic carbocycles. The maximum Gasteiger partial charge on any atom is 0.0877 e. The molecule has 2 aliphatic heterocycles. The van der Waals surface area contributed by atoms with Crippen molar-refractivity contribution in [2.24, 2.45) is 0 Å². The lowest BCUT2D eigenvalue weighted by molar-refractivity contribution is 0.299. The maximum absolute atomic E-state index is 3.53. The van der Waals surface area contributed by atoms with Crippen LogP contribution in [0.2, 0.25) is 0 Å². The highest BCUT2D eigenvalue weighted by Gasteiger charge is 2.26. The van der Waals surface area contributed by atoms with Crippen molar-refractivity contribution in [2.75, 3.05) is 12.0 Å². The SMILES string of the molecule is C1=CN2CNc3ccccc3CC2c2ccccc21. The van der Waals surface area contributed by atoms with E-state index in [1.54, 1.807) is 0 Å². The molecule has 94 valence electrons. The van der Waals surface area contributed by atoms with Gasteiger partial charge in [-0.25, -0.2) is 0 Å². The Kier molecular flexibility index (Phi) is 2.34. The van der Waals surface area contributed by atoms with Gasteiger partial charge in [0.25, 0.3) is 0 Å². The summed E-state index contributed by atoms with van der Waals surface area (Å²) in [5, 5.41) is 3.53. The van der Waals surface area contributed by atoms with E-state index in [0.29, 0.717) is 6.04 Å². The molecule has 2 aliphatic rings. The van der Waals surface area contributed by atoms with Gasteiger partial charge < -0.3 is 10.2 Å². The molecule has 0 fully saturated rings. The molecule has 4 rings (SSSR count). The van der Waals surface area contributed by atoms with E-state index in [0.717, 1.165) is 13.1 Å². The average molecular weight is 248 g/mol. The number of nitrogens with zero attached hydrogens (tertiary/aromatic N) is 1. The zero-order valence-electron chi connectivity index (χ0n) is 10.7. The first-order chi connectivity index (χ1) is 9.42. The van der Waals surface area contributed by atoms with E-state index < -0.39 is 0 Å². The molecule has 0 spiro atoms. The zero-order valence-corrected chi connectivity index (χ0v) is 10.7. The van der Waals surface area contributed by atoms with Crippen LogP contribution in [0.5, 0.6) is 0 Å². The van der Waals surface area contributed by atoms with Gasteiger partial charge in [0.1, 0.15) is 0 Å². The Morgan fingerprint density at radius 1 is 1.00 bits per heavy atom. The fourth-order valence-electron chi connectivity index (χ4n) is 3.07. The van der Waals surface area contributed by atoms with E-state index in [1.165, 1.54) is 22.4 Å². The third-order valence-electron chi connectivity index (χ3n) is 4.08. The Morgan fingerprint density at radius 2 is 1.84 bits per heavy atom. The van der Waals surface area contributed by atoms with Gasteiger partial charge in [0.15, 0.2) is 0 Å². The van der Waals surface area contributed by atoms with Crippen LogP contribution in [0, 0.1) is 0 Å². The molecule has 0 radical (unpaired) electrons. The van der Waals surface area contributed by atoms with E-state index in [1.807, 2.05) is 0 Å². The molecule has 0 bridgehead atoms. The van der Waals surface area contributed by atoms with Crippen molar-refractivity contribution in [3.63, 3.8) is 0 Å². The molecule has 0 aliphatic carbocycles. The summed E-state index contributed by atoms with van der Waals surface area (Å²) in [5.41, 5.74) is 5.45. The van der Waals surface area contributed by atoms with Gasteiger partial charge >= 0.3 is 0 Å². The van der Waals surface area contributed by atoms with Gasteiger partial charge in [-0.3, -0.25) is 0 Å². The van der Waals surface area contributed by atoms with Crippen molar-refractivity contribution < 1.29 is 0 Å². The summed E-state index contributed by atoms with van der Waals surface area (Å²) in [6, 6.07) is 17.8. The van der Waals surface area contributed by atoms with Crippen LogP contribution in [-0.4, -0.2) is 11.6 Å². The van der Waals surface area contributed by atoms with E-state index in [4.69, 9.17) is 0 Å².